The van der Waals surface area contributed by atoms with Crippen molar-refractivity contribution in [2.75, 3.05) is 5.32 Å². The molecule has 0 spiro atoms. The molecule has 160 valence electrons. The Labute approximate surface area is 183 Å². The molecule has 1 aliphatic carbocycles. The maximum atomic E-state index is 13.1. The van der Waals surface area contributed by atoms with Gasteiger partial charge in [-0.1, -0.05) is 17.7 Å². The van der Waals surface area contributed by atoms with Crippen LogP contribution in [0.25, 0.3) is 0 Å². The molecule has 2 aromatic carbocycles. The lowest BCUT2D eigenvalue weighted by Gasteiger charge is -2.13. The van der Waals surface area contributed by atoms with E-state index in [1.165, 1.54) is 17.0 Å². The molecule has 1 N–H and O–H groups in total. The van der Waals surface area contributed by atoms with Crippen molar-refractivity contribution in [3.8, 4) is 5.75 Å². The van der Waals surface area contributed by atoms with Crippen LogP contribution in [0.3, 0.4) is 0 Å². The van der Waals surface area contributed by atoms with E-state index in [-0.39, 0.29) is 11.7 Å². The van der Waals surface area contributed by atoms with Gasteiger partial charge in [0.05, 0.1) is 5.56 Å². The Morgan fingerprint density at radius 1 is 1.10 bits per heavy atom. The monoisotopic (exact) mass is 440 g/mol. The molecule has 0 bridgehead atoms. The van der Waals surface area contributed by atoms with E-state index >= 15 is 0 Å². The number of ether oxygens (including phenoxy) is 1. The number of carbonyl (C=O) groups is 1. The van der Waals surface area contributed by atoms with Gasteiger partial charge in [-0.15, -0.1) is 11.3 Å². The number of nitrogens with zero attached hydrogens (tertiary/aromatic N) is 1. The van der Waals surface area contributed by atoms with Crippen molar-refractivity contribution in [2.45, 2.75) is 39.2 Å². The summed E-state index contributed by atoms with van der Waals surface area (Å²) in [7, 11) is 0. The minimum absolute atomic E-state index is 0.0944. The van der Waals surface area contributed by atoms with Gasteiger partial charge in [-0.3, -0.25) is 4.79 Å². The van der Waals surface area contributed by atoms with Crippen molar-refractivity contribution in [2.24, 2.45) is 4.99 Å². The molecule has 4 rings (SSSR count). The standard InChI is InChI=1S/C24H22F2N2O2S/c1-15-6-10-17(11-7-15)28-22(29)21-19-4-2-3-5-20(19)31-23(21)27-14-16-8-12-18(13-9-16)30-24(25)26/h6-14,24H,2-5H2,1H3,(H,28,29). The second-order valence-electron chi connectivity index (χ2n) is 7.42. The van der Waals surface area contributed by atoms with Crippen molar-refractivity contribution in [1.82, 2.24) is 0 Å². The van der Waals surface area contributed by atoms with Gasteiger partial charge in [-0.2, -0.15) is 8.78 Å². The van der Waals surface area contributed by atoms with Gasteiger partial charge in [-0.05, 0) is 80.1 Å². The Hall–Kier alpha value is -3.06. The molecular weight excluding hydrogens is 418 g/mol. The molecule has 1 heterocycles. The van der Waals surface area contributed by atoms with Crippen molar-refractivity contribution in [1.29, 1.82) is 0 Å². The molecule has 3 aromatic rings. The number of carbonyl (C=O) groups excluding carboxylic acids is 1. The van der Waals surface area contributed by atoms with Crippen LogP contribution in [0.5, 0.6) is 5.75 Å². The summed E-state index contributed by atoms with van der Waals surface area (Å²) in [5.74, 6) is -0.0620. The summed E-state index contributed by atoms with van der Waals surface area (Å²) < 4.78 is 29.0. The number of hydrogen-bond donors (Lipinski definition) is 1. The summed E-state index contributed by atoms with van der Waals surface area (Å²) in [4.78, 5) is 19.0. The van der Waals surface area contributed by atoms with Gasteiger partial charge in [-0.25, -0.2) is 4.99 Å². The van der Waals surface area contributed by atoms with E-state index in [4.69, 9.17) is 0 Å². The summed E-state index contributed by atoms with van der Waals surface area (Å²) >= 11 is 1.55. The highest BCUT2D eigenvalue weighted by Gasteiger charge is 2.25. The molecule has 1 aliphatic rings. The van der Waals surface area contributed by atoms with Crippen molar-refractivity contribution >= 4 is 34.1 Å². The highest BCUT2D eigenvalue weighted by Crippen LogP contribution is 2.40. The van der Waals surface area contributed by atoms with Crippen LogP contribution in [0.15, 0.2) is 53.5 Å². The van der Waals surface area contributed by atoms with Gasteiger partial charge >= 0.3 is 6.61 Å². The molecule has 31 heavy (non-hydrogen) atoms. The van der Waals surface area contributed by atoms with E-state index in [0.29, 0.717) is 10.6 Å². The van der Waals surface area contributed by atoms with E-state index in [1.807, 2.05) is 31.2 Å². The molecule has 0 aliphatic heterocycles. The van der Waals surface area contributed by atoms with Crippen LogP contribution in [-0.4, -0.2) is 18.7 Å². The van der Waals surface area contributed by atoms with Crippen LogP contribution in [0, 0.1) is 6.92 Å². The van der Waals surface area contributed by atoms with E-state index < -0.39 is 6.61 Å². The van der Waals surface area contributed by atoms with Crippen LogP contribution in [0.4, 0.5) is 19.5 Å². The summed E-state index contributed by atoms with van der Waals surface area (Å²) in [6.07, 6.45) is 5.65. The number of rotatable bonds is 6. The Morgan fingerprint density at radius 2 is 1.81 bits per heavy atom. The third-order valence-corrected chi connectivity index (χ3v) is 6.33. The zero-order chi connectivity index (χ0) is 21.8. The fraction of sp³-hybridized carbons (Fsp3) is 0.250. The highest BCUT2D eigenvalue weighted by atomic mass is 32.1. The van der Waals surface area contributed by atoms with Crippen molar-refractivity contribution in [3.63, 3.8) is 0 Å². The normalized spacial score (nSPS) is 13.4. The molecule has 0 saturated carbocycles. The first-order valence-electron chi connectivity index (χ1n) is 10.1. The number of benzene rings is 2. The first-order chi connectivity index (χ1) is 15.0. The Morgan fingerprint density at radius 3 is 2.52 bits per heavy atom. The topological polar surface area (TPSA) is 50.7 Å². The van der Waals surface area contributed by atoms with Gasteiger partial charge in [0.1, 0.15) is 10.8 Å². The Balaban J connectivity index is 1.60. The average molecular weight is 441 g/mol. The van der Waals surface area contributed by atoms with Gasteiger partial charge in [0.15, 0.2) is 0 Å². The minimum Gasteiger partial charge on any atom is -0.435 e. The molecule has 0 saturated heterocycles. The number of hydrogen-bond acceptors (Lipinski definition) is 4. The second-order valence-corrected chi connectivity index (χ2v) is 8.50. The zero-order valence-corrected chi connectivity index (χ0v) is 17.8. The SMILES string of the molecule is Cc1ccc(NC(=O)c2c(N=Cc3ccc(OC(F)F)cc3)sc3c2CCCC3)cc1. The van der Waals surface area contributed by atoms with Gasteiger partial charge in [0, 0.05) is 16.8 Å². The van der Waals surface area contributed by atoms with Crippen LogP contribution < -0.4 is 10.1 Å². The summed E-state index contributed by atoms with van der Waals surface area (Å²) in [6, 6.07) is 13.9. The number of amides is 1. The molecule has 4 nitrogen and oxygen atoms in total. The molecule has 0 radical (unpaired) electrons. The number of thiophene rings is 1. The number of alkyl halides is 2. The lowest BCUT2D eigenvalue weighted by molar-refractivity contribution is -0.0498. The molecular formula is C24H22F2N2O2S. The lowest BCUT2D eigenvalue weighted by atomic mass is 9.95. The Kier molecular flexibility index (Phi) is 6.42. The number of anilines is 1. The van der Waals surface area contributed by atoms with Crippen LogP contribution in [-0.2, 0) is 12.8 Å². The summed E-state index contributed by atoms with van der Waals surface area (Å²) in [5, 5.41) is 3.66. The molecule has 1 amide bonds. The number of aliphatic imine (C=N–C) groups is 1. The maximum Gasteiger partial charge on any atom is 0.387 e. The fourth-order valence-electron chi connectivity index (χ4n) is 3.58. The second kappa shape index (κ2) is 9.39. The minimum atomic E-state index is -2.86. The fourth-order valence-corrected chi connectivity index (χ4v) is 4.81. The van der Waals surface area contributed by atoms with Gasteiger partial charge in [0.2, 0.25) is 0 Å². The van der Waals surface area contributed by atoms with E-state index in [1.54, 1.807) is 29.7 Å². The van der Waals surface area contributed by atoms with E-state index in [9.17, 15) is 13.6 Å². The first-order valence-corrected chi connectivity index (χ1v) is 10.9. The predicted octanol–water partition coefficient (Wildman–Crippen LogP) is 6.54. The largest absolute Gasteiger partial charge is 0.435 e. The number of aryl methyl sites for hydroxylation is 2. The highest BCUT2D eigenvalue weighted by molar-refractivity contribution is 7.16. The molecule has 1 aromatic heterocycles. The van der Waals surface area contributed by atoms with Crippen molar-refractivity contribution < 1.29 is 18.3 Å². The van der Waals surface area contributed by atoms with Crippen LogP contribution in [0.1, 0.15) is 44.8 Å². The summed E-state index contributed by atoms with van der Waals surface area (Å²) in [6.45, 7) is -0.855. The third-order valence-electron chi connectivity index (χ3n) is 5.13. The lowest BCUT2D eigenvalue weighted by Crippen LogP contribution is -2.14. The van der Waals surface area contributed by atoms with E-state index in [2.05, 4.69) is 15.0 Å². The number of halogens is 2. The quantitative estimate of drug-likeness (QED) is 0.443. The predicted molar refractivity (Wildman–Crippen MR) is 120 cm³/mol. The zero-order valence-electron chi connectivity index (χ0n) is 17.0. The van der Waals surface area contributed by atoms with Gasteiger partial charge in [0.25, 0.3) is 5.91 Å². The first kappa shape index (κ1) is 21.2. The van der Waals surface area contributed by atoms with Gasteiger partial charge < -0.3 is 10.1 Å². The molecule has 0 atom stereocenters. The maximum absolute atomic E-state index is 13.1. The van der Waals surface area contributed by atoms with Crippen LogP contribution >= 0.6 is 11.3 Å². The number of nitrogens with one attached hydrogen (secondary N) is 1. The average Bonchev–Trinajstić information content (AvgIpc) is 3.13. The van der Waals surface area contributed by atoms with E-state index in [0.717, 1.165) is 48.1 Å². The summed E-state index contributed by atoms with van der Waals surface area (Å²) in [5.41, 5.74) is 4.33. The molecule has 0 unspecified atom stereocenters. The smallest absolute Gasteiger partial charge is 0.387 e. The number of fused-ring (bicyclic) bond motifs is 1. The van der Waals surface area contributed by atoms with Crippen LogP contribution in [0.2, 0.25) is 0 Å². The molecule has 0 fully saturated rings. The van der Waals surface area contributed by atoms with Crippen molar-refractivity contribution in [3.05, 3.63) is 75.7 Å². The Bertz CT molecular complexity index is 1090. The molecule has 7 heteroatoms. The third kappa shape index (κ3) is 5.17.